The van der Waals surface area contributed by atoms with Crippen LogP contribution in [0.1, 0.15) is 41.1 Å². The summed E-state index contributed by atoms with van der Waals surface area (Å²) in [6, 6.07) is 20.8. The van der Waals surface area contributed by atoms with Crippen molar-refractivity contribution < 1.29 is 23.9 Å². The fraction of sp³-hybridized carbons (Fsp3) is 0.241. The van der Waals surface area contributed by atoms with Gasteiger partial charge in [0.1, 0.15) is 0 Å². The monoisotopic (exact) mass is 550 g/mol. The lowest BCUT2D eigenvalue weighted by atomic mass is 9.73. The molecule has 1 aliphatic heterocycles. The lowest BCUT2D eigenvalue weighted by Gasteiger charge is -2.28. The molecule has 1 saturated heterocycles. The maximum atomic E-state index is 13.4. The minimum absolute atomic E-state index is 0.127. The van der Waals surface area contributed by atoms with Crippen molar-refractivity contribution in [1.82, 2.24) is 0 Å². The quantitative estimate of drug-likeness (QED) is 0.306. The van der Waals surface area contributed by atoms with Gasteiger partial charge in [-0.2, -0.15) is 0 Å². The number of esters is 1. The summed E-state index contributed by atoms with van der Waals surface area (Å²) in [5, 5.41) is 3.20. The fourth-order valence-corrected chi connectivity index (χ4v) is 5.52. The Labute approximate surface area is 229 Å². The molecule has 0 bridgehead atoms. The van der Waals surface area contributed by atoms with Crippen molar-refractivity contribution >= 4 is 58.3 Å². The molecule has 2 aliphatic rings. The van der Waals surface area contributed by atoms with Gasteiger partial charge in [0, 0.05) is 5.69 Å². The molecule has 0 radical (unpaired) electrons. The third-order valence-electron chi connectivity index (χ3n) is 7.07. The third-order valence-corrected chi connectivity index (χ3v) is 7.81. The highest BCUT2D eigenvalue weighted by Gasteiger charge is 2.50. The van der Waals surface area contributed by atoms with E-state index in [4.69, 9.17) is 27.9 Å². The van der Waals surface area contributed by atoms with Crippen LogP contribution in [-0.2, 0) is 19.1 Å². The largest absolute Gasteiger partial charge is 0.452 e. The summed E-state index contributed by atoms with van der Waals surface area (Å²) >= 11 is 11.8. The van der Waals surface area contributed by atoms with Gasteiger partial charge in [-0.3, -0.25) is 19.3 Å². The van der Waals surface area contributed by atoms with Gasteiger partial charge in [0.2, 0.25) is 11.8 Å². The van der Waals surface area contributed by atoms with Crippen LogP contribution in [0.5, 0.6) is 0 Å². The van der Waals surface area contributed by atoms with E-state index in [1.54, 1.807) is 18.2 Å². The van der Waals surface area contributed by atoms with Crippen LogP contribution in [0.25, 0.3) is 0 Å². The Morgan fingerprint density at radius 3 is 2.39 bits per heavy atom. The van der Waals surface area contributed by atoms with E-state index in [0.29, 0.717) is 29.2 Å². The highest BCUT2D eigenvalue weighted by atomic mass is 35.5. The van der Waals surface area contributed by atoms with Crippen molar-refractivity contribution in [2.45, 2.75) is 25.2 Å². The normalized spacial score (nSPS) is 20.7. The number of anilines is 2. The number of benzene rings is 3. The van der Waals surface area contributed by atoms with Gasteiger partial charge in [-0.15, -0.1) is 0 Å². The second-order valence-corrected chi connectivity index (χ2v) is 10.3. The number of hydrogen-bond acceptors (Lipinski definition) is 5. The van der Waals surface area contributed by atoms with Crippen molar-refractivity contribution in [1.29, 1.82) is 0 Å². The zero-order valence-electron chi connectivity index (χ0n) is 20.2. The standard InChI is InChI=1S/C29H24Cl2N2O5/c30-24-12-10-20(15-25(24)31)32-26(34)16-38-29(37)19-7-4-8-21(13-19)33-27(35)22-11-9-18(14-23(22)28(33)36)17-5-2-1-3-6-17/h1-8,10,12-13,15,18,22-23H,9,11,14,16H2,(H,32,34)/t18-,22+,23-/m0/s1. The molecule has 2 fully saturated rings. The summed E-state index contributed by atoms with van der Waals surface area (Å²) in [5.74, 6) is -2.31. The van der Waals surface area contributed by atoms with E-state index in [0.717, 1.165) is 6.42 Å². The first-order valence-corrected chi connectivity index (χ1v) is 13.0. The summed E-state index contributed by atoms with van der Waals surface area (Å²) < 4.78 is 5.15. The molecule has 3 amide bonds. The first-order chi connectivity index (χ1) is 18.3. The molecule has 194 valence electrons. The second-order valence-electron chi connectivity index (χ2n) is 9.45. The lowest BCUT2D eigenvalue weighted by Crippen LogP contribution is -2.31. The second kappa shape index (κ2) is 11.0. The Hall–Kier alpha value is -3.68. The number of fused-ring (bicyclic) bond motifs is 1. The molecule has 1 saturated carbocycles. The molecule has 0 aromatic heterocycles. The summed E-state index contributed by atoms with van der Waals surface area (Å²) in [7, 11) is 0. The van der Waals surface area contributed by atoms with Crippen LogP contribution >= 0.6 is 23.2 Å². The molecule has 7 nitrogen and oxygen atoms in total. The minimum Gasteiger partial charge on any atom is -0.452 e. The van der Waals surface area contributed by atoms with Gasteiger partial charge in [-0.1, -0.05) is 59.6 Å². The van der Waals surface area contributed by atoms with Crippen molar-refractivity contribution in [2.24, 2.45) is 11.8 Å². The topological polar surface area (TPSA) is 92.8 Å². The summed E-state index contributed by atoms with van der Waals surface area (Å²) in [6.45, 7) is -0.532. The Morgan fingerprint density at radius 1 is 0.868 bits per heavy atom. The highest BCUT2D eigenvalue weighted by Crippen LogP contribution is 2.45. The number of imide groups is 1. The predicted molar refractivity (Wildman–Crippen MR) is 144 cm³/mol. The fourth-order valence-electron chi connectivity index (χ4n) is 5.22. The number of halogens is 2. The molecular formula is C29H24Cl2N2O5. The number of ether oxygens (including phenoxy) is 1. The van der Waals surface area contributed by atoms with E-state index in [2.05, 4.69) is 17.4 Å². The molecule has 3 aromatic carbocycles. The lowest BCUT2D eigenvalue weighted by molar-refractivity contribution is -0.122. The maximum absolute atomic E-state index is 13.4. The summed E-state index contributed by atoms with van der Waals surface area (Å²) in [6.07, 6.45) is 2.10. The predicted octanol–water partition coefficient (Wildman–Crippen LogP) is 5.86. The molecule has 1 heterocycles. The number of rotatable bonds is 6. The van der Waals surface area contributed by atoms with Crippen LogP contribution < -0.4 is 10.2 Å². The average molecular weight is 551 g/mol. The summed E-state index contributed by atoms with van der Waals surface area (Å²) in [4.78, 5) is 52.6. The first-order valence-electron chi connectivity index (χ1n) is 12.3. The average Bonchev–Trinajstić information content (AvgIpc) is 3.19. The molecule has 9 heteroatoms. The molecule has 5 rings (SSSR count). The highest BCUT2D eigenvalue weighted by molar-refractivity contribution is 6.42. The first kappa shape index (κ1) is 25.9. The van der Waals surface area contributed by atoms with E-state index in [9.17, 15) is 19.2 Å². The van der Waals surface area contributed by atoms with Gasteiger partial charge >= 0.3 is 5.97 Å². The third kappa shape index (κ3) is 5.30. The molecular weight excluding hydrogens is 527 g/mol. The summed E-state index contributed by atoms with van der Waals surface area (Å²) in [5.41, 5.74) is 2.03. The van der Waals surface area contributed by atoms with Gasteiger partial charge in [0.05, 0.1) is 33.1 Å². The molecule has 0 unspecified atom stereocenters. The number of nitrogens with zero attached hydrogens (tertiary/aromatic N) is 1. The van der Waals surface area contributed by atoms with Gasteiger partial charge in [-0.25, -0.2) is 4.79 Å². The van der Waals surface area contributed by atoms with Gasteiger partial charge < -0.3 is 10.1 Å². The molecule has 1 N–H and O–H groups in total. The number of amides is 3. The SMILES string of the molecule is O=C(COC(=O)c1cccc(N2C(=O)[C@H]3C[C@@H](c4ccccc4)CC[C@H]3C2=O)c1)Nc1ccc(Cl)c(Cl)c1. The van der Waals surface area contributed by atoms with Gasteiger partial charge in [0.25, 0.3) is 5.91 Å². The van der Waals surface area contributed by atoms with Crippen molar-refractivity contribution in [2.75, 3.05) is 16.8 Å². The van der Waals surface area contributed by atoms with Crippen molar-refractivity contribution in [3.05, 3.63) is 94.0 Å². The van der Waals surface area contributed by atoms with Gasteiger partial charge in [-0.05, 0) is 67.1 Å². The Kier molecular flexibility index (Phi) is 7.49. The number of nitrogens with one attached hydrogen (secondary N) is 1. The van der Waals surface area contributed by atoms with Crippen molar-refractivity contribution in [3.8, 4) is 0 Å². The Morgan fingerprint density at radius 2 is 1.63 bits per heavy atom. The molecule has 3 aromatic rings. The van der Waals surface area contributed by atoms with E-state index < -0.39 is 18.5 Å². The maximum Gasteiger partial charge on any atom is 0.338 e. The van der Waals surface area contributed by atoms with E-state index in [1.807, 2.05) is 18.2 Å². The van der Waals surface area contributed by atoms with Crippen LogP contribution in [0.3, 0.4) is 0 Å². The molecule has 1 aliphatic carbocycles. The van der Waals surface area contributed by atoms with E-state index in [1.165, 1.54) is 34.7 Å². The van der Waals surface area contributed by atoms with Crippen LogP contribution in [0, 0.1) is 11.8 Å². The van der Waals surface area contributed by atoms with Crippen molar-refractivity contribution in [3.63, 3.8) is 0 Å². The van der Waals surface area contributed by atoms with Crippen LogP contribution in [0.15, 0.2) is 72.8 Å². The zero-order valence-corrected chi connectivity index (χ0v) is 21.7. The number of carbonyl (C=O) groups excluding carboxylic acids is 4. The Bertz CT molecular complexity index is 1410. The molecule has 0 spiro atoms. The van der Waals surface area contributed by atoms with Gasteiger partial charge in [0.15, 0.2) is 6.61 Å². The minimum atomic E-state index is -0.753. The molecule has 38 heavy (non-hydrogen) atoms. The molecule has 3 atom stereocenters. The van der Waals surface area contributed by atoms with E-state index in [-0.39, 0.29) is 40.2 Å². The van der Waals surface area contributed by atoms with Crippen LogP contribution in [0.4, 0.5) is 11.4 Å². The Balaban J connectivity index is 1.24. The van der Waals surface area contributed by atoms with Crippen LogP contribution in [-0.4, -0.2) is 30.3 Å². The number of hydrogen-bond donors (Lipinski definition) is 1. The number of carbonyl (C=O) groups is 4. The smallest absolute Gasteiger partial charge is 0.338 e. The zero-order chi connectivity index (χ0) is 26.8. The van der Waals surface area contributed by atoms with Crippen LogP contribution in [0.2, 0.25) is 10.0 Å². The van der Waals surface area contributed by atoms with E-state index >= 15 is 0 Å².